The standard InChI is InChI=1S/C30H28Cl2F2N4O3/c1-29(2,3)13-21-30(23-19(33)11-15(31)12-20(23)37-28(30)41)22(17-5-4-6-18(32)24(17)34)25(38-21)27(40)36-16-9-7-14(8-10-16)26(35)39/h4-12,21-22,25,38H,13H2,1-3H3,(H2,35,39)(H,36,40)(H,37,41). The van der Waals surface area contributed by atoms with Crippen LogP contribution in [-0.4, -0.2) is 29.8 Å². The molecule has 0 radical (unpaired) electrons. The zero-order valence-electron chi connectivity index (χ0n) is 22.4. The van der Waals surface area contributed by atoms with Crippen molar-refractivity contribution in [2.24, 2.45) is 11.1 Å². The molecule has 5 rings (SSSR count). The molecule has 1 saturated heterocycles. The number of primary amides is 1. The molecule has 3 aromatic carbocycles. The van der Waals surface area contributed by atoms with Crippen molar-refractivity contribution in [2.75, 3.05) is 10.6 Å². The number of rotatable bonds is 5. The summed E-state index contributed by atoms with van der Waals surface area (Å²) < 4.78 is 31.7. The number of carbonyl (C=O) groups is 3. The Morgan fingerprint density at radius 3 is 2.39 bits per heavy atom. The fraction of sp³-hybridized carbons (Fsp3) is 0.300. The lowest BCUT2D eigenvalue weighted by molar-refractivity contribution is -0.122. The van der Waals surface area contributed by atoms with Gasteiger partial charge in [0.15, 0.2) is 0 Å². The summed E-state index contributed by atoms with van der Waals surface area (Å²) in [6.45, 7) is 5.87. The number of carbonyl (C=O) groups excluding carboxylic acids is 3. The van der Waals surface area contributed by atoms with Gasteiger partial charge in [-0.1, -0.05) is 56.1 Å². The van der Waals surface area contributed by atoms with E-state index in [1.165, 1.54) is 48.5 Å². The number of amides is 3. The van der Waals surface area contributed by atoms with Crippen molar-refractivity contribution in [2.45, 2.75) is 50.6 Å². The molecule has 0 bridgehead atoms. The van der Waals surface area contributed by atoms with E-state index in [1.54, 1.807) is 0 Å². The Bertz CT molecular complexity index is 1580. The van der Waals surface area contributed by atoms with Crippen LogP contribution in [-0.2, 0) is 15.0 Å². The fourth-order valence-electron chi connectivity index (χ4n) is 6.17. The molecule has 2 aliphatic rings. The van der Waals surface area contributed by atoms with Gasteiger partial charge in [-0.05, 0) is 59.9 Å². The minimum absolute atomic E-state index is 0.0111. The van der Waals surface area contributed by atoms with Crippen LogP contribution in [0.4, 0.5) is 20.2 Å². The van der Waals surface area contributed by atoms with E-state index in [9.17, 15) is 14.4 Å². The Morgan fingerprint density at radius 1 is 1.07 bits per heavy atom. The predicted molar refractivity (Wildman–Crippen MR) is 154 cm³/mol. The Kier molecular flexibility index (Phi) is 7.34. The van der Waals surface area contributed by atoms with Crippen LogP contribution in [0.25, 0.3) is 0 Å². The maximum Gasteiger partial charge on any atom is 0.248 e. The molecule has 0 aromatic heterocycles. The number of nitrogens with two attached hydrogens (primary N) is 1. The second-order valence-electron chi connectivity index (χ2n) is 11.6. The largest absolute Gasteiger partial charge is 0.366 e. The minimum atomic E-state index is -1.74. The third kappa shape index (κ3) is 4.96. The highest BCUT2D eigenvalue weighted by Crippen LogP contribution is 2.58. The first-order valence-corrected chi connectivity index (χ1v) is 13.7. The first kappa shape index (κ1) is 29.0. The van der Waals surface area contributed by atoms with E-state index in [2.05, 4.69) is 16.0 Å². The molecule has 214 valence electrons. The molecule has 0 saturated carbocycles. The average Bonchev–Trinajstić information content (AvgIpc) is 3.35. The second-order valence-corrected chi connectivity index (χ2v) is 12.5. The summed E-state index contributed by atoms with van der Waals surface area (Å²) >= 11 is 12.3. The molecule has 2 heterocycles. The smallest absolute Gasteiger partial charge is 0.248 e. The molecule has 4 atom stereocenters. The summed E-state index contributed by atoms with van der Waals surface area (Å²) in [6, 6.07) is 10.8. The molecule has 7 nitrogen and oxygen atoms in total. The molecular weight excluding hydrogens is 573 g/mol. The molecule has 11 heteroatoms. The monoisotopic (exact) mass is 600 g/mol. The van der Waals surface area contributed by atoms with E-state index in [0.29, 0.717) is 12.1 Å². The molecule has 3 amide bonds. The van der Waals surface area contributed by atoms with Crippen molar-refractivity contribution in [3.8, 4) is 0 Å². The molecule has 2 aliphatic heterocycles. The van der Waals surface area contributed by atoms with E-state index in [0.717, 1.165) is 6.07 Å². The Hall–Kier alpha value is -3.53. The first-order valence-electron chi connectivity index (χ1n) is 13.0. The van der Waals surface area contributed by atoms with Crippen LogP contribution in [0.3, 0.4) is 0 Å². The third-order valence-corrected chi connectivity index (χ3v) is 8.21. The topological polar surface area (TPSA) is 113 Å². The van der Waals surface area contributed by atoms with Gasteiger partial charge in [-0.25, -0.2) is 8.78 Å². The third-order valence-electron chi connectivity index (χ3n) is 7.70. The van der Waals surface area contributed by atoms with Crippen LogP contribution in [0.2, 0.25) is 10.0 Å². The fourth-order valence-corrected chi connectivity index (χ4v) is 6.55. The molecular formula is C30H28Cl2F2N4O3. The first-order chi connectivity index (χ1) is 19.2. The number of anilines is 2. The molecule has 1 spiro atoms. The molecule has 3 aromatic rings. The van der Waals surface area contributed by atoms with Crippen molar-refractivity contribution in [1.82, 2.24) is 5.32 Å². The van der Waals surface area contributed by atoms with Crippen molar-refractivity contribution in [3.63, 3.8) is 0 Å². The highest BCUT2D eigenvalue weighted by molar-refractivity contribution is 6.31. The lowest BCUT2D eigenvalue weighted by atomic mass is 9.62. The average molecular weight is 601 g/mol. The zero-order valence-corrected chi connectivity index (χ0v) is 24.0. The van der Waals surface area contributed by atoms with Crippen LogP contribution in [0.5, 0.6) is 0 Å². The number of halogens is 4. The lowest BCUT2D eigenvalue weighted by Gasteiger charge is -2.37. The van der Waals surface area contributed by atoms with E-state index in [4.69, 9.17) is 28.9 Å². The highest BCUT2D eigenvalue weighted by atomic mass is 35.5. The minimum Gasteiger partial charge on any atom is -0.366 e. The van der Waals surface area contributed by atoms with Gasteiger partial charge < -0.3 is 21.7 Å². The molecule has 41 heavy (non-hydrogen) atoms. The van der Waals surface area contributed by atoms with Crippen molar-refractivity contribution in [3.05, 3.63) is 93.0 Å². The summed E-state index contributed by atoms with van der Waals surface area (Å²) in [5.41, 5.74) is 3.96. The lowest BCUT2D eigenvalue weighted by Crippen LogP contribution is -2.50. The van der Waals surface area contributed by atoms with E-state index in [-0.39, 0.29) is 37.8 Å². The Balaban J connectivity index is 1.72. The number of hydrogen-bond acceptors (Lipinski definition) is 4. The predicted octanol–water partition coefficient (Wildman–Crippen LogP) is 5.76. The van der Waals surface area contributed by atoms with Crippen molar-refractivity contribution < 1.29 is 23.2 Å². The molecule has 1 fully saturated rings. The highest BCUT2D eigenvalue weighted by Gasteiger charge is 2.67. The van der Waals surface area contributed by atoms with Crippen LogP contribution in [0.1, 0.15) is 54.6 Å². The van der Waals surface area contributed by atoms with Gasteiger partial charge in [-0.3, -0.25) is 14.4 Å². The maximum absolute atomic E-state index is 15.9. The molecule has 5 N–H and O–H groups in total. The van der Waals surface area contributed by atoms with Gasteiger partial charge in [0.05, 0.1) is 11.1 Å². The van der Waals surface area contributed by atoms with Gasteiger partial charge in [-0.15, -0.1) is 0 Å². The summed E-state index contributed by atoms with van der Waals surface area (Å²) in [4.78, 5) is 39.6. The number of nitrogens with one attached hydrogen (secondary N) is 3. The number of hydrogen-bond donors (Lipinski definition) is 4. The van der Waals surface area contributed by atoms with E-state index in [1.807, 2.05) is 20.8 Å². The van der Waals surface area contributed by atoms with Crippen molar-refractivity contribution in [1.29, 1.82) is 0 Å². The Morgan fingerprint density at radius 2 is 1.76 bits per heavy atom. The van der Waals surface area contributed by atoms with Gasteiger partial charge >= 0.3 is 0 Å². The zero-order chi connectivity index (χ0) is 29.9. The summed E-state index contributed by atoms with van der Waals surface area (Å²) in [6.07, 6.45) is 0.331. The van der Waals surface area contributed by atoms with Gasteiger partial charge in [0.25, 0.3) is 0 Å². The quantitative estimate of drug-likeness (QED) is 0.298. The Labute approximate surface area is 245 Å². The maximum atomic E-state index is 15.9. The van der Waals surface area contributed by atoms with Gasteiger partial charge in [0.1, 0.15) is 17.0 Å². The van der Waals surface area contributed by atoms with Crippen molar-refractivity contribution >= 4 is 52.3 Å². The SMILES string of the molecule is CC(C)(C)CC1NC(C(=O)Nc2ccc(C(N)=O)cc2)C(c2cccc(Cl)c2F)C12C(=O)Nc1cc(Cl)cc(F)c12. The van der Waals surface area contributed by atoms with Crippen LogP contribution in [0.15, 0.2) is 54.6 Å². The summed E-state index contributed by atoms with van der Waals surface area (Å²) in [5, 5.41) is 8.69. The molecule has 4 unspecified atom stereocenters. The van der Waals surface area contributed by atoms with Gasteiger partial charge in [-0.2, -0.15) is 0 Å². The normalized spacial score (nSPS) is 23.4. The van der Waals surface area contributed by atoms with E-state index >= 15 is 8.78 Å². The van der Waals surface area contributed by atoms with Crippen LogP contribution in [0, 0.1) is 17.0 Å². The van der Waals surface area contributed by atoms with Crippen LogP contribution >= 0.6 is 23.2 Å². The van der Waals surface area contributed by atoms with Gasteiger partial charge in [0, 0.05) is 39.5 Å². The van der Waals surface area contributed by atoms with E-state index < -0.39 is 52.8 Å². The summed E-state index contributed by atoms with van der Waals surface area (Å²) in [7, 11) is 0. The molecule has 0 aliphatic carbocycles. The van der Waals surface area contributed by atoms with Crippen LogP contribution < -0.4 is 21.7 Å². The number of fused-ring (bicyclic) bond motifs is 2. The van der Waals surface area contributed by atoms with Gasteiger partial charge in [0.2, 0.25) is 17.7 Å². The number of benzene rings is 3. The summed E-state index contributed by atoms with van der Waals surface area (Å²) in [5.74, 6) is -4.57. The second kappa shape index (κ2) is 10.4.